The van der Waals surface area contributed by atoms with Crippen LogP contribution in [0.1, 0.15) is 50.7 Å². The molecule has 1 aliphatic rings. The van der Waals surface area contributed by atoms with Crippen molar-refractivity contribution in [3.05, 3.63) is 35.4 Å². The molecule has 1 aromatic rings. The van der Waals surface area contributed by atoms with Gasteiger partial charge in [-0.05, 0) is 42.7 Å². The summed E-state index contributed by atoms with van der Waals surface area (Å²) >= 11 is 0. The maximum Gasteiger partial charge on any atom is 0.0716 e. The summed E-state index contributed by atoms with van der Waals surface area (Å²) in [6.45, 7) is 7.14. The normalized spacial score (nSPS) is 15.1. The highest BCUT2D eigenvalue weighted by Gasteiger charge is 2.19. The predicted molar refractivity (Wildman–Crippen MR) is 80.0 cm³/mol. The lowest BCUT2D eigenvalue weighted by Crippen LogP contribution is -2.15. The second kappa shape index (κ2) is 7.66. The first-order chi connectivity index (χ1) is 9.24. The highest BCUT2D eigenvalue weighted by molar-refractivity contribution is 5.23. The molecule has 2 nitrogen and oxygen atoms in total. The van der Waals surface area contributed by atoms with Gasteiger partial charge >= 0.3 is 0 Å². The van der Waals surface area contributed by atoms with Gasteiger partial charge in [-0.3, -0.25) is 0 Å². The van der Waals surface area contributed by atoms with E-state index in [1.807, 2.05) is 0 Å². The Kier molecular flexibility index (Phi) is 5.87. The molecule has 1 aromatic carbocycles. The van der Waals surface area contributed by atoms with Gasteiger partial charge in [-0.15, -0.1) is 0 Å². The highest BCUT2D eigenvalue weighted by atomic mass is 16.5. The molecule has 0 radical (unpaired) electrons. The van der Waals surface area contributed by atoms with Gasteiger partial charge < -0.3 is 10.1 Å². The van der Waals surface area contributed by atoms with Crippen LogP contribution < -0.4 is 5.32 Å². The van der Waals surface area contributed by atoms with Crippen LogP contribution in [0.5, 0.6) is 0 Å². The third-order valence-corrected chi connectivity index (χ3v) is 3.50. The van der Waals surface area contributed by atoms with Gasteiger partial charge in [0.25, 0.3) is 0 Å². The molecule has 1 saturated carbocycles. The van der Waals surface area contributed by atoms with E-state index >= 15 is 0 Å². The van der Waals surface area contributed by atoms with Crippen molar-refractivity contribution in [3.8, 4) is 0 Å². The lowest BCUT2D eigenvalue weighted by molar-refractivity contribution is 0.115. The summed E-state index contributed by atoms with van der Waals surface area (Å²) in [6.07, 6.45) is 5.11. The number of rotatable bonds is 9. The summed E-state index contributed by atoms with van der Waals surface area (Å²) < 4.78 is 5.74. The Morgan fingerprint density at radius 1 is 1.26 bits per heavy atom. The standard InChI is InChI=1S/C17H27NO/c1-14(2)5-4-10-19-13-16-7-3-6-15(11-16)12-18-17-8-9-17/h3,6-7,11,14,17-18H,4-5,8-10,12-13H2,1-2H3. The number of hydrogen-bond donors (Lipinski definition) is 1. The van der Waals surface area contributed by atoms with Crippen LogP contribution in [0.2, 0.25) is 0 Å². The molecule has 0 bridgehead atoms. The molecular weight excluding hydrogens is 234 g/mol. The molecular formula is C17H27NO. The Hall–Kier alpha value is -0.860. The van der Waals surface area contributed by atoms with Crippen molar-refractivity contribution in [1.82, 2.24) is 5.32 Å². The zero-order valence-corrected chi connectivity index (χ0v) is 12.3. The molecule has 0 saturated heterocycles. The number of nitrogens with one attached hydrogen (secondary N) is 1. The van der Waals surface area contributed by atoms with Gasteiger partial charge in [0.05, 0.1) is 6.61 Å². The van der Waals surface area contributed by atoms with Crippen molar-refractivity contribution in [2.75, 3.05) is 6.61 Å². The second-order valence-electron chi connectivity index (χ2n) is 6.06. The fourth-order valence-corrected chi connectivity index (χ4v) is 2.16. The average molecular weight is 261 g/mol. The van der Waals surface area contributed by atoms with Crippen molar-refractivity contribution in [2.24, 2.45) is 5.92 Å². The van der Waals surface area contributed by atoms with Gasteiger partial charge in [0.1, 0.15) is 0 Å². The average Bonchev–Trinajstić information content (AvgIpc) is 3.20. The van der Waals surface area contributed by atoms with Gasteiger partial charge in [0.15, 0.2) is 0 Å². The van der Waals surface area contributed by atoms with Crippen molar-refractivity contribution >= 4 is 0 Å². The summed E-state index contributed by atoms with van der Waals surface area (Å²) in [5.74, 6) is 0.778. The smallest absolute Gasteiger partial charge is 0.0716 e. The van der Waals surface area contributed by atoms with E-state index in [4.69, 9.17) is 4.74 Å². The van der Waals surface area contributed by atoms with E-state index in [-0.39, 0.29) is 0 Å². The third kappa shape index (κ3) is 6.22. The van der Waals surface area contributed by atoms with Crippen LogP contribution in [0, 0.1) is 5.92 Å². The Balaban J connectivity index is 1.65. The SMILES string of the molecule is CC(C)CCCOCc1cccc(CNC2CC2)c1. The van der Waals surface area contributed by atoms with Crippen molar-refractivity contribution < 1.29 is 4.74 Å². The molecule has 0 atom stereocenters. The van der Waals surface area contributed by atoms with E-state index in [0.29, 0.717) is 0 Å². The third-order valence-electron chi connectivity index (χ3n) is 3.50. The van der Waals surface area contributed by atoms with Crippen molar-refractivity contribution in [3.63, 3.8) is 0 Å². The molecule has 1 fully saturated rings. The minimum atomic E-state index is 0.745. The molecule has 2 rings (SSSR count). The fraction of sp³-hybridized carbons (Fsp3) is 0.647. The Labute approximate surface area is 117 Å². The number of hydrogen-bond acceptors (Lipinski definition) is 2. The predicted octanol–water partition coefficient (Wildman–Crippen LogP) is 3.89. The summed E-state index contributed by atoms with van der Waals surface area (Å²) in [5, 5.41) is 3.55. The highest BCUT2D eigenvalue weighted by Crippen LogP contribution is 2.19. The largest absolute Gasteiger partial charge is 0.377 e. The van der Waals surface area contributed by atoms with Crippen LogP contribution in [-0.4, -0.2) is 12.6 Å². The van der Waals surface area contributed by atoms with Crippen LogP contribution in [0.3, 0.4) is 0 Å². The zero-order valence-electron chi connectivity index (χ0n) is 12.3. The molecule has 2 heteroatoms. The lowest BCUT2D eigenvalue weighted by atomic mass is 10.1. The van der Waals surface area contributed by atoms with Crippen LogP contribution in [0.15, 0.2) is 24.3 Å². The van der Waals surface area contributed by atoms with Gasteiger partial charge in [-0.2, -0.15) is 0 Å². The first-order valence-corrected chi connectivity index (χ1v) is 7.63. The van der Waals surface area contributed by atoms with E-state index in [0.717, 1.165) is 31.7 Å². The van der Waals surface area contributed by atoms with E-state index in [1.165, 1.54) is 36.8 Å². The maximum atomic E-state index is 5.74. The van der Waals surface area contributed by atoms with E-state index in [9.17, 15) is 0 Å². The molecule has 106 valence electrons. The van der Waals surface area contributed by atoms with E-state index in [2.05, 4.69) is 43.4 Å². The number of ether oxygens (including phenoxy) is 1. The minimum Gasteiger partial charge on any atom is -0.377 e. The van der Waals surface area contributed by atoms with Crippen LogP contribution in [0.25, 0.3) is 0 Å². The molecule has 0 aromatic heterocycles. The Bertz CT molecular complexity index is 371. The van der Waals surface area contributed by atoms with E-state index in [1.54, 1.807) is 0 Å². The Morgan fingerprint density at radius 2 is 2.05 bits per heavy atom. The van der Waals surface area contributed by atoms with Crippen LogP contribution in [0.4, 0.5) is 0 Å². The minimum absolute atomic E-state index is 0.745. The molecule has 1 N–H and O–H groups in total. The lowest BCUT2D eigenvalue weighted by Gasteiger charge is -2.08. The number of benzene rings is 1. The molecule has 1 aliphatic carbocycles. The van der Waals surface area contributed by atoms with Gasteiger partial charge in [0.2, 0.25) is 0 Å². The van der Waals surface area contributed by atoms with Crippen molar-refractivity contribution in [2.45, 2.75) is 58.7 Å². The van der Waals surface area contributed by atoms with Gasteiger partial charge in [-0.25, -0.2) is 0 Å². The molecule has 0 unspecified atom stereocenters. The first kappa shape index (κ1) is 14.5. The van der Waals surface area contributed by atoms with E-state index < -0.39 is 0 Å². The quantitative estimate of drug-likeness (QED) is 0.681. The molecule has 0 aliphatic heterocycles. The van der Waals surface area contributed by atoms with Gasteiger partial charge in [0, 0.05) is 19.2 Å². The second-order valence-corrected chi connectivity index (χ2v) is 6.06. The summed E-state index contributed by atoms with van der Waals surface area (Å²) in [5.41, 5.74) is 2.66. The summed E-state index contributed by atoms with van der Waals surface area (Å²) in [6, 6.07) is 9.52. The van der Waals surface area contributed by atoms with Crippen LogP contribution in [-0.2, 0) is 17.9 Å². The molecule has 0 spiro atoms. The zero-order chi connectivity index (χ0) is 13.5. The maximum absolute atomic E-state index is 5.74. The van der Waals surface area contributed by atoms with Crippen molar-refractivity contribution in [1.29, 1.82) is 0 Å². The molecule has 0 amide bonds. The first-order valence-electron chi connectivity index (χ1n) is 7.63. The Morgan fingerprint density at radius 3 is 2.79 bits per heavy atom. The summed E-state index contributed by atoms with van der Waals surface area (Å²) in [7, 11) is 0. The monoisotopic (exact) mass is 261 g/mol. The molecule has 19 heavy (non-hydrogen) atoms. The van der Waals surface area contributed by atoms with Crippen LogP contribution >= 0.6 is 0 Å². The van der Waals surface area contributed by atoms with Gasteiger partial charge in [-0.1, -0.05) is 38.1 Å². The fourth-order valence-electron chi connectivity index (χ4n) is 2.16. The molecule has 0 heterocycles. The summed E-state index contributed by atoms with van der Waals surface area (Å²) in [4.78, 5) is 0. The topological polar surface area (TPSA) is 21.3 Å².